The van der Waals surface area contributed by atoms with E-state index in [1.54, 1.807) is 24.8 Å². The van der Waals surface area contributed by atoms with Gasteiger partial charge in [0.1, 0.15) is 5.75 Å². The molecule has 0 unspecified atom stereocenters. The number of halogens is 4. The maximum atomic E-state index is 10.8. The van der Waals surface area contributed by atoms with Crippen molar-refractivity contribution < 1.29 is 38.1 Å². The van der Waals surface area contributed by atoms with Crippen LogP contribution in [0.15, 0.2) is 95.2 Å². The smallest absolute Gasteiger partial charge is 0.116 e. The van der Waals surface area contributed by atoms with Crippen molar-refractivity contribution in [3.8, 4) is 28.0 Å². The minimum Gasteiger partial charge on any atom is -0.508 e. The van der Waals surface area contributed by atoms with E-state index in [0.29, 0.717) is 0 Å². The van der Waals surface area contributed by atoms with Gasteiger partial charge >= 0.3 is 0 Å². The largest absolute Gasteiger partial charge is 0.508 e. The predicted octanol–water partition coefficient (Wildman–Crippen LogP) is 10.9. The fourth-order valence-electron chi connectivity index (χ4n) is 5.09. The Labute approximate surface area is 333 Å². The van der Waals surface area contributed by atoms with Crippen LogP contribution in [0.2, 0.25) is 0 Å². The molecule has 0 bridgehead atoms. The number of phenolic OH excluding ortho intramolecular Hbond substituents is 1. The van der Waals surface area contributed by atoms with Crippen LogP contribution < -0.4 is 0 Å². The van der Waals surface area contributed by atoms with Crippen LogP contribution in [0.5, 0.6) is 5.75 Å². The Morgan fingerprint density at radius 1 is 0.543 bits per heavy atom. The zero-order valence-electron chi connectivity index (χ0n) is 25.7. The first-order valence-electron chi connectivity index (χ1n) is 13.3. The van der Waals surface area contributed by atoms with Crippen LogP contribution >= 0.6 is 67.9 Å². The van der Waals surface area contributed by atoms with Gasteiger partial charge in [-0.1, -0.05) is 12.1 Å². The van der Waals surface area contributed by atoms with Crippen LogP contribution in [-0.2, 0) is 33.0 Å². The van der Waals surface area contributed by atoms with Gasteiger partial charge in [-0.25, -0.2) is 0 Å². The van der Waals surface area contributed by atoms with Crippen LogP contribution in [0.3, 0.4) is 0 Å². The monoisotopic (exact) mass is 960 g/mol. The second-order valence-corrected chi connectivity index (χ2v) is 10.1. The minimum atomic E-state index is 0. The number of benzene rings is 3. The third-order valence-corrected chi connectivity index (χ3v) is 7.02. The number of aryl methyl sites for hydroxylation is 4. The Hall–Kier alpha value is -1.99. The molecule has 0 spiro atoms. The summed E-state index contributed by atoms with van der Waals surface area (Å²) in [5.74, 6) is 0.232. The van der Waals surface area contributed by atoms with Crippen molar-refractivity contribution in [3.63, 3.8) is 0 Å². The average Bonchev–Trinajstić information content (AvgIpc) is 2.94. The van der Waals surface area contributed by atoms with E-state index in [1.807, 2.05) is 48.5 Å². The molecule has 0 saturated carbocycles. The number of nitrogens with zero attached hydrogens (tertiary/aromatic N) is 4. The van der Waals surface area contributed by atoms with E-state index >= 15 is 0 Å². The Bertz CT molecular complexity index is 1600. The number of aromatic nitrogens is 2. The number of hydrogen-bond donors (Lipinski definition) is 1. The van der Waals surface area contributed by atoms with E-state index < -0.39 is 0 Å². The number of hydrogen-bond acceptors (Lipinski definition) is 5. The average molecular weight is 966 g/mol. The second-order valence-electron chi connectivity index (χ2n) is 10.1. The van der Waals surface area contributed by atoms with Crippen molar-refractivity contribution in [2.24, 2.45) is 9.98 Å². The number of aromatic hydroxyl groups is 1. The molecule has 0 aliphatic rings. The Kier molecular flexibility index (Phi) is 21.1. The number of aliphatic imine (C=N–C) groups is 2. The van der Waals surface area contributed by atoms with Crippen LogP contribution in [0.1, 0.15) is 39.2 Å². The van der Waals surface area contributed by atoms with E-state index in [1.165, 1.54) is 0 Å². The topological polar surface area (TPSA) is 70.7 Å². The van der Waals surface area contributed by atoms with E-state index in [2.05, 4.69) is 68.9 Å². The van der Waals surface area contributed by atoms with E-state index in [0.717, 1.165) is 72.8 Å². The summed E-state index contributed by atoms with van der Waals surface area (Å²) in [4.78, 5) is 18.1. The Morgan fingerprint density at radius 2 is 0.891 bits per heavy atom. The summed E-state index contributed by atoms with van der Waals surface area (Å²) in [7, 11) is 0. The molecule has 0 fully saturated rings. The summed E-state index contributed by atoms with van der Waals surface area (Å²) in [6.07, 6.45) is 7.11. The molecule has 250 valence electrons. The molecule has 46 heavy (non-hydrogen) atoms. The zero-order valence-corrected chi connectivity index (χ0v) is 34.6. The third kappa shape index (κ3) is 11.0. The van der Waals surface area contributed by atoms with Crippen molar-refractivity contribution in [1.82, 2.24) is 9.97 Å². The fraction of sp³-hybridized carbons (Fsp3) is 0.143. The van der Waals surface area contributed by atoms with E-state index in [4.69, 9.17) is 9.98 Å². The molecule has 0 aliphatic heterocycles. The third-order valence-electron chi connectivity index (χ3n) is 7.02. The number of rotatable bonds is 6. The summed E-state index contributed by atoms with van der Waals surface area (Å²) < 4.78 is 0. The molecular formula is C35H36Br4N4Ni2O. The maximum absolute atomic E-state index is 10.8. The van der Waals surface area contributed by atoms with Crippen molar-refractivity contribution >= 4 is 91.7 Å². The van der Waals surface area contributed by atoms with Crippen molar-refractivity contribution in [3.05, 3.63) is 124 Å². The predicted molar refractivity (Wildman–Crippen MR) is 207 cm³/mol. The standard InChI is InChI=1S/C35H32N4O.4BrH.2Ni/c1-22-14-27(15-23(2)34(22)38-20-29-10-6-8-12-36-29)32-18-31(40)19-33(26(32)5)28-16-24(3)35(25(4)17-28)39-21-30-11-7-9-13-37-30;;;;;;/h6-21,40H,1-5H3;4*1H;;. The first-order valence-corrected chi connectivity index (χ1v) is 13.3. The molecule has 0 amide bonds. The Morgan fingerprint density at radius 3 is 1.20 bits per heavy atom. The molecule has 11 heteroatoms. The molecule has 2 heterocycles. The van der Waals surface area contributed by atoms with Gasteiger partial charge in [-0.2, -0.15) is 0 Å². The van der Waals surface area contributed by atoms with Gasteiger partial charge in [-0.05, 0) is 145 Å². The summed E-state index contributed by atoms with van der Waals surface area (Å²) in [6.45, 7) is 10.4. The molecule has 5 nitrogen and oxygen atoms in total. The van der Waals surface area contributed by atoms with Crippen LogP contribution in [0.4, 0.5) is 11.4 Å². The molecule has 0 saturated heterocycles. The zero-order chi connectivity index (χ0) is 28.2. The Balaban J connectivity index is 0. The van der Waals surface area contributed by atoms with Gasteiger partial charge in [0, 0.05) is 45.4 Å². The van der Waals surface area contributed by atoms with E-state index in [9.17, 15) is 5.11 Å². The molecule has 0 radical (unpaired) electrons. The van der Waals surface area contributed by atoms with Gasteiger partial charge in [0.2, 0.25) is 0 Å². The molecule has 5 aromatic rings. The van der Waals surface area contributed by atoms with Gasteiger partial charge in [-0.15, -0.1) is 67.9 Å². The maximum Gasteiger partial charge on any atom is 0.116 e. The van der Waals surface area contributed by atoms with Gasteiger partial charge < -0.3 is 5.11 Å². The fourth-order valence-corrected chi connectivity index (χ4v) is 5.09. The summed E-state index contributed by atoms with van der Waals surface area (Å²) in [5.41, 5.74) is 12.9. The first-order chi connectivity index (χ1) is 19.3. The van der Waals surface area contributed by atoms with Crippen molar-refractivity contribution in [2.45, 2.75) is 34.6 Å². The van der Waals surface area contributed by atoms with Gasteiger partial charge in [-0.3, -0.25) is 20.0 Å². The SMILES string of the molecule is Br.Br.Br.Br.Cc1cc(-c2cc(O)cc(-c3cc(C)c(N=Cc4ccccn4)c(C)c3)c2C)cc(C)c1N=Cc1ccccn1.[Ni].[Ni]. The van der Waals surface area contributed by atoms with Crippen LogP contribution in [0.25, 0.3) is 22.3 Å². The molecule has 0 aliphatic carbocycles. The van der Waals surface area contributed by atoms with Gasteiger partial charge in [0.05, 0.1) is 35.2 Å². The van der Waals surface area contributed by atoms with E-state index in [-0.39, 0.29) is 107 Å². The number of pyridine rings is 2. The molecule has 5 rings (SSSR count). The molecule has 1 N–H and O–H groups in total. The first kappa shape index (κ1) is 46.1. The van der Waals surface area contributed by atoms with Gasteiger partial charge in [0.15, 0.2) is 0 Å². The molecule has 0 atom stereocenters. The molecular weight excluding hydrogens is 929 g/mol. The normalized spacial score (nSPS) is 10.0. The van der Waals surface area contributed by atoms with Gasteiger partial charge in [0.25, 0.3) is 0 Å². The quantitative estimate of drug-likeness (QED) is 0.136. The van der Waals surface area contributed by atoms with Crippen LogP contribution in [0, 0.1) is 34.6 Å². The van der Waals surface area contributed by atoms with Crippen molar-refractivity contribution in [2.75, 3.05) is 0 Å². The summed E-state index contributed by atoms with van der Waals surface area (Å²) in [5, 5.41) is 10.8. The van der Waals surface area contributed by atoms with Crippen LogP contribution in [-0.4, -0.2) is 27.5 Å². The molecule has 2 aromatic heterocycles. The minimum absolute atomic E-state index is 0. The molecule has 3 aromatic carbocycles. The summed E-state index contributed by atoms with van der Waals surface area (Å²) >= 11 is 0. The van der Waals surface area contributed by atoms with Crippen molar-refractivity contribution in [1.29, 1.82) is 0 Å². The number of phenols is 1. The second kappa shape index (κ2) is 21.1. The summed E-state index contributed by atoms with van der Waals surface area (Å²) in [6, 6.07) is 23.8.